The van der Waals surface area contributed by atoms with Crippen LogP contribution in [0.1, 0.15) is 58.6 Å². The standard InChI is InChI=1S/C21H37N3O3.HI/c1-5-7-13-26-14-9-12-23-21(22-6-2)24-16-20(25)18-10-8-11-19(15-18)27-17(3)4;/h8,10-11,15,17,20,25H,5-7,9,12-14,16H2,1-4H3,(H2,22,23,24);1H. The molecule has 0 amide bonds. The second-order valence-electron chi connectivity index (χ2n) is 6.72. The van der Waals surface area contributed by atoms with Gasteiger partial charge in [0.05, 0.1) is 18.8 Å². The molecule has 0 fully saturated rings. The summed E-state index contributed by atoms with van der Waals surface area (Å²) in [6, 6.07) is 7.55. The van der Waals surface area contributed by atoms with Gasteiger partial charge in [0, 0.05) is 26.3 Å². The number of aliphatic hydroxyl groups excluding tert-OH is 1. The summed E-state index contributed by atoms with van der Waals surface area (Å²) in [6.45, 7) is 11.6. The average molecular weight is 507 g/mol. The molecule has 1 aromatic rings. The van der Waals surface area contributed by atoms with Crippen molar-refractivity contribution in [1.29, 1.82) is 0 Å². The third-order valence-electron chi connectivity index (χ3n) is 3.78. The largest absolute Gasteiger partial charge is 0.491 e. The minimum atomic E-state index is -0.673. The van der Waals surface area contributed by atoms with Gasteiger partial charge < -0.3 is 25.2 Å². The quantitative estimate of drug-likeness (QED) is 0.164. The van der Waals surface area contributed by atoms with Crippen LogP contribution in [-0.2, 0) is 4.74 Å². The van der Waals surface area contributed by atoms with Crippen LogP contribution in [0.25, 0.3) is 0 Å². The highest BCUT2D eigenvalue weighted by atomic mass is 127. The maximum atomic E-state index is 10.5. The highest BCUT2D eigenvalue weighted by Gasteiger charge is 2.09. The maximum Gasteiger partial charge on any atom is 0.191 e. The van der Waals surface area contributed by atoms with Gasteiger partial charge in [-0.3, -0.25) is 4.99 Å². The van der Waals surface area contributed by atoms with E-state index in [4.69, 9.17) is 9.47 Å². The van der Waals surface area contributed by atoms with Gasteiger partial charge in [-0.25, -0.2) is 0 Å². The van der Waals surface area contributed by atoms with Crippen molar-refractivity contribution in [1.82, 2.24) is 10.6 Å². The van der Waals surface area contributed by atoms with Crippen LogP contribution in [-0.4, -0.2) is 50.0 Å². The molecule has 6 nitrogen and oxygen atoms in total. The molecule has 1 aromatic carbocycles. The van der Waals surface area contributed by atoms with Crippen LogP contribution in [0.4, 0.5) is 0 Å². The summed E-state index contributed by atoms with van der Waals surface area (Å²) in [6.07, 6.45) is 2.62. The summed E-state index contributed by atoms with van der Waals surface area (Å²) in [5.41, 5.74) is 0.803. The summed E-state index contributed by atoms with van der Waals surface area (Å²) >= 11 is 0. The van der Waals surface area contributed by atoms with Gasteiger partial charge in [0.2, 0.25) is 0 Å². The Labute approximate surface area is 187 Å². The molecule has 3 N–H and O–H groups in total. The zero-order valence-corrected chi connectivity index (χ0v) is 20.1. The molecule has 0 heterocycles. The first-order valence-corrected chi connectivity index (χ1v) is 10.1. The molecule has 1 unspecified atom stereocenters. The van der Waals surface area contributed by atoms with Crippen molar-refractivity contribution in [2.24, 2.45) is 4.99 Å². The average Bonchev–Trinajstić information content (AvgIpc) is 2.64. The number of halogens is 1. The number of nitrogens with one attached hydrogen (secondary N) is 2. The highest BCUT2D eigenvalue weighted by molar-refractivity contribution is 14.0. The zero-order valence-electron chi connectivity index (χ0n) is 17.7. The number of nitrogens with zero attached hydrogens (tertiary/aromatic N) is 1. The van der Waals surface area contributed by atoms with Gasteiger partial charge in [0.1, 0.15) is 5.75 Å². The number of aliphatic hydroxyl groups is 1. The van der Waals surface area contributed by atoms with Crippen LogP contribution in [0.5, 0.6) is 5.75 Å². The Bertz CT molecular complexity index is 541. The molecule has 0 spiro atoms. The first-order chi connectivity index (χ1) is 13.1. The fraction of sp³-hybridized carbons (Fsp3) is 0.667. The molecule has 0 aliphatic rings. The molecule has 0 saturated carbocycles. The Balaban J connectivity index is 0.00000729. The van der Waals surface area contributed by atoms with Crippen LogP contribution in [0.2, 0.25) is 0 Å². The first kappa shape index (κ1) is 26.9. The molecule has 7 heteroatoms. The van der Waals surface area contributed by atoms with E-state index in [1.54, 1.807) is 0 Å². The van der Waals surface area contributed by atoms with Gasteiger partial charge >= 0.3 is 0 Å². The number of benzene rings is 1. The summed E-state index contributed by atoms with van der Waals surface area (Å²) in [5.74, 6) is 1.47. The topological polar surface area (TPSA) is 75.1 Å². The lowest BCUT2D eigenvalue weighted by Gasteiger charge is -2.15. The zero-order chi connectivity index (χ0) is 19.9. The van der Waals surface area contributed by atoms with E-state index in [2.05, 4.69) is 22.5 Å². The van der Waals surface area contributed by atoms with E-state index in [9.17, 15) is 5.11 Å². The molecule has 0 aliphatic heterocycles. The van der Waals surface area contributed by atoms with Crippen LogP contribution < -0.4 is 15.4 Å². The van der Waals surface area contributed by atoms with E-state index >= 15 is 0 Å². The Morgan fingerprint density at radius 3 is 2.57 bits per heavy atom. The van der Waals surface area contributed by atoms with Crippen LogP contribution in [0.15, 0.2) is 29.3 Å². The molecule has 162 valence electrons. The molecule has 0 aromatic heterocycles. The minimum Gasteiger partial charge on any atom is -0.491 e. The van der Waals surface area contributed by atoms with Crippen molar-refractivity contribution in [3.63, 3.8) is 0 Å². The van der Waals surface area contributed by atoms with E-state index in [-0.39, 0.29) is 36.6 Å². The molecule has 0 radical (unpaired) electrons. The minimum absolute atomic E-state index is 0. The Morgan fingerprint density at radius 1 is 1.14 bits per heavy atom. The predicted molar refractivity (Wildman–Crippen MR) is 127 cm³/mol. The fourth-order valence-corrected chi connectivity index (χ4v) is 2.42. The van der Waals surface area contributed by atoms with Gasteiger partial charge in [-0.05, 0) is 51.3 Å². The smallest absolute Gasteiger partial charge is 0.191 e. The molecule has 0 saturated heterocycles. The predicted octanol–water partition coefficient (Wildman–Crippen LogP) is 3.89. The lowest BCUT2D eigenvalue weighted by Crippen LogP contribution is -2.38. The number of aliphatic imine (C=N–C) groups is 1. The summed E-state index contributed by atoms with van der Waals surface area (Å²) < 4.78 is 11.2. The molecule has 0 aliphatic carbocycles. The van der Waals surface area contributed by atoms with Gasteiger partial charge in [0.25, 0.3) is 0 Å². The number of rotatable bonds is 13. The monoisotopic (exact) mass is 507 g/mol. The van der Waals surface area contributed by atoms with Crippen molar-refractivity contribution in [2.45, 2.75) is 59.2 Å². The lowest BCUT2D eigenvalue weighted by atomic mass is 10.1. The first-order valence-electron chi connectivity index (χ1n) is 10.1. The highest BCUT2D eigenvalue weighted by Crippen LogP contribution is 2.20. The Morgan fingerprint density at radius 2 is 1.89 bits per heavy atom. The van der Waals surface area contributed by atoms with E-state index < -0.39 is 6.10 Å². The lowest BCUT2D eigenvalue weighted by molar-refractivity contribution is 0.129. The van der Waals surface area contributed by atoms with Crippen molar-refractivity contribution < 1.29 is 14.6 Å². The van der Waals surface area contributed by atoms with Gasteiger partial charge in [-0.2, -0.15) is 0 Å². The molecule has 1 rings (SSSR count). The number of hydrogen-bond acceptors (Lipinski definition) is 4. The summed E-state index contributed by atoms with van der Waals surface area (Å²) in [4.78, 5) is 4.49. The molecular weight excluding hydrogens is 469 g/mol. The van der Waals surface area contributed by atoms with Crippen LogP contribution >= 0.6 is 24.0 Å². The summed E-state index contributed by atoms with van der Waals surface area (Å²) in [5, 5.41) is 16.9. The maximum absolute atomic E-state index is 10.5. The van der Waals surface area contributed by atoms with E-state index in [0.29, 0.717) is 5.96 Å². The Hall–Kier alpha value is -1.06. The molecule has 1 atom stereocenters. The second-order valence-corrected chi connectivity index (χ2v) is 6.72. The fourth-order valence-electron chi connectivity index (χ4n) is 2.42. The number of unbranched alkanes of at least 4 members (excludes halogenated alkanes) is 1. The molecular formula is C21H38IN3O3. The van der Waals surface area contributed by atoms with Crippen molar-refractivity contribution in [2.75, 3.05) is 32.8 Å². The third-order valence-corrected chi connectivity index (χ3v) is 3.78. The molecule has 0 bridgehead atoms. The van der Waals surface area contributed by atoms with Crippen molar-refractivity contribution >= 4 is 29.9 Å². The van der Waals surface area contributed by atoms with Crippen LogP contribution in [0.3, 0.4) is 0 Å². The van der Waals surface area contributed by atoms with E-state index in [1.807, 2.05) is 45.0 Å². The van der Waals surface area contributed by atoms with Crippen molar-refractivity contribution in [3.8, 4) is 5.75 Å². The second kappa shape index (κ2) is 16.9. The number of hydrogen-bond donors (Lipinski definition) is 3. The van der Waals surface area contributed by atoms with Crippen molar-refractivity contribution in [3.05, 3.63) is 29.8 Å². The normalized spacial score (nSPS) is 12.4. The summed E-state index contributed by atoms with van der Waals surface area (Å²) in [7, 11) is 0. The SMILES string of the molecule is CCCCOCCCNC(=NCC(O)c1cccc(OC(C)C)c1)NCC.I. The number of ether oxygens (including phenoxy) is 2. The van der Waals surface area contributed by atoms with Gasteiger partial charge in [-0.15, -0.1) is 24.0 Å². The van der Waals surface area contributed by atoms with Gasteiger partial charge in [0.15, 0.2) is 5.96 Å². The Kier molecular flexibility index (Phi) is 16.2. The van der Waals surface area contributed by atoms with Crippen LogP contribution in [0, 0.1) is 0 Å². The molecule has 28 heavy (non-hydrogen) atoms. The van der Waals surface area contributed by atoms with Gasteiger partial charge in [-0.1, -0.05) is 25.5 Å². The third kappa shape index (κ3) is 12.4. The number of guanidine groups is 1. The van der Waals surface area contributed by atoms with E-state index in [1.165, 1.54) is 0 Å². The van der Waals surface area contributed by atoms with E-state index in [0.717, 1.165) is 56.9 Å².